The maximum atomic E-state index is 15.6. The molecular formula is C89H63Cl7F4N22O3. The molecule has 9 unspecified atom stereocenters. The number of aromatic nitrogens is 19. The molecule has 125 heavy (non-hydrogen) atoms. The van der Waals surface area contributed by atoms with Gasteiger partial charge in [0, 0.05) is 147 Å². The van der Waals surface area contributed by atoms with Crippen LogP contribution in [0.15, 0.2) is 197 Å². The van der Waals surface area contributed by atoms with Crippen LogP contribution in [0.1, 0.15) is 126 Å². The van der Waals surface area contributed by atoms with Crippen molar-refractivity contribution >= 4 is 98.3 Å². The molecule has 6 aliphatic heterocycles. The lowest BCUT2D eigenvalue weighted by Gasteiger charge is -2.21. The minimum Gasteiger partial charge on any atom is -0.359 e. The predicted molar refractivity (Wildman–Crippen MR) is 468 cm³/mol. The van der Waals surface area contributed by atoms with Crippen LogP contribution in [0.25, 0.3) is 84.3 Å². The van der Waals surface area contributed by atoms with Crippen LogP contribution >= 0.6 is 81.2 Å². The summed E-state index contributed by atoms with van der Waals surface area (Å²) in [4.78, 5) is 69.1. The molecule has 0 bridgehead atoms. The van der Waals surface area contributed by atoms with Gasteiger partial charge in [0.2, 0.25) is 5.95 Å². The highest BCUT2D eigenvalue weighted by molar-refractivity contribution is 6.33. The maximum Gasteiger partial charge on any atom is 0.254 e. The van der Waals surface area contributed by atoms with Gasteiger partial charge in [0.05, 0.1) is 71.4 Å². The number of aromatic amines is 3. The topological polar surface area (TPSA) is 293 Å². The van der Waals surface area contributed by atoms with E-state index in [4.69, 9.17) is 91.2 Å². The Hall–Kier alpha value is -12.5. The van der Waals surface area contributed by atoms with Gasteiger partial charge in [-0.1, -0.05) is 117 Å². The Kier molecular flexibility index (Phi) is 18.8. The first kappa shape index (κ1) is 78.5. The predicted octanol–water partition coefficient (Wildman–Crippen LogP) is 19.7. The standard InChI is InChI=1S/C30H21Cl3FN7O.C30H21Cl2F2N7O.C29H21Cl2FN8O/c1-13-2-4-16-21(35-13)6-5-17(26(16)34)27-29(33)37-30(36-27)28-20-11-19(20)23-8-14(9-25(42)41(23)28)18-10-15(31)3-7-22(18)40-12-24(32)38-39-40;1-13-2-4-16-21(35-13)6-5-17(26(16)33)27-29(34)37-30(36-27)28-20-11-19(20)23-8-14(9-25(42)41(23)28)18-10-15(31)3-7-22(18)40-12-24(32)38-39-40;1-13-2-4-15-20(34-13)6-5-16(26(15)32)22-11-33-28(35-22)27-17-9-18(17)29-36-21(10-25(41)40(27)29)19-8-14(30)3-7-23(19)39-12-24(31)37-38-39/h2*3,5-10,12,19-20,28,35H,1-2,4,11H2,(H,36,37);3,5-8,10-12,17-18,27,34H,1-2,4,9H2,(H,33,35). The van der Waals surface area contributed by atoms with Gasteiger partial charge in [0.15, 0.2) is 15.5 Å². The second-order valence-electron chi connectivity index (χ2n) is 32.6. The summed E-state index contributed by atoms with van der Waals surface area (Å²) in [5.41, 5.74) is 15.1. The number of hydrogen-bond donors (Lipinski definition) is 6. The summed E-state index contributed by atoms with van der Waals surface area (Å²) >= 11 is 43.7. The average molecular weight is 1810 g/mol. The van der Waals surface area contributed by atoms with E-state index in [1.54, 1.807) is 116 Å². The highest BCUT2D eigenvalue weighted by Crippen LogP contribution is 2.63. The summed E-state index contributed by atoms with van der Waals surface area (Å²) < 4.78 is 71.8. The molecule has 9 aliphatic rings. The normalized spacial score (nSPS) is 20.2. The van der Waals surface area contributed by atoms with Gasteiger partial charge < -0.3 is 40.0 Å². The van der Waals surface area contributed by atoms with Crippen molar-refractivity contribution in [3.05, 3.63) is 324 Å². The zero-order valence-electron chi connectivity index (χ0n) is 65.1. The van der Waals surface area contributed by atoms with E-state index in [0.717, 1.165) is 59.0 Å². The highest BCUT2D eigenvalue weighted by Gasteiger charge is 2.58. The van der Waals surface area contributed by atoms with Crippen LogP contribution in [0.3, 0.4) is 0 Å². The van der Waals surface area contributed by atoms with Gasteiger partial charge in [-0.15, -0.1) is 15.3 Å². The lowest BCUT2D eigenvalue weighted by molar-refractivity contribution is 0.504. The number of benzene rings is 6. The Balaban J connectivity index is 0.000000111. The number of nitrogens with zero attached hydrogens (tertiary/aromatic N) is 16. The second kappa shape index (κ2) is 29.9. The molecule has 0 radical (unpaired) electrons. The molecule has 24 rings (SSSR count). The number of halogens is 11. The molecule has 0 saturated heterocycles. The van der Waals surface area contributed by atoms with Crippen LogP contribution in [-0.4, -0.2) is 93.6 Å². The molecule has 3 saturated carbocycles. The van der Waals surface area contributed by atoms with Gasteiger partial charge in [0.1, 0.15) is 57.3 Å². The van der Waals surface area contributed by atoms with Gasteiger partial charge in [-0.05, 0) is 190 Å². The summed E-state index contributed by atoms with van der Waals surface area (Å²) in [6.45, 7) is 11.8. The Morgan fingerprint density at radius 1 is 0.400 bits per heavy atom. The second-order valence-corrected chi connectivity index (χ2v) is 35.4. The molecular weight excluding hydrogens is 1750 g/mol. The molecule has 15 heterocycles. The Morgan fingerprint density at radius 3 is 1.30 bits per heavy atom. The Labute approximate surface area is 740 Å². The van der Waals surface area contributed by atoms with E-state index in [1.165, 1.54) is 27.6 Å². The first-order valence-electron chi connectivity index (χ1n) is 40.0. The van der Waals surface area contributed by atoms with E-state index in [1.807, 2.05) is 30.3 Å². The minimum atomic E-state index is -0.734. The lowest BCUT2D eigenvalue weighted by Crippen LogP contribution is -2.27. The van der Waals surface area contributed by atoms with Crippen LogP contribution < -0.4 is 32.6 Å². The average Bonchev–Trinajstić information content (AvgIpc) is 1.55. The molecule has 6 aromatic carbocycles. The third-order valence-electron chi connectivity index (χ3n) is 25.0. The fourth-order valence-electron chi connectivity index (χ4n) is 19.1. The molecule has 624 valence electrons. The summed E-state index contributed by atoms with van der Waals surface area (Å²) in [6.07, 6.45) is 12.5. The van der Waals surface area contributed by atoms with E-state index in [2.05, 4.69) is 91.5 Å². The fourth-order valence-corrected chi connectivity index (χ4v) is 20.2. The van der Waals surface area contributed by atoms with E-state index < -0.39 is 17.8 Å². The third-order valence-corrected chi connectivity index (χ3v) is 26.5. The van der Waals surface area contributed by atoms with Gasteiger partial charge >= 0.3 is 0 Å². The first-order valence-corrected chi connectivity index (χ1v) is 42.7. The van der Waals surface area contributed by atoms with E-state index in [0.29, 0.717) is 172 Å². The van der Waals surface area contributed by atoms with Gasteiger partial charge in [-0.3, -0.25) is 19.0 Å². The molecule has 9 atom stereocenters. The Bertz CT molecular complexity index is 7110. The van der Waals surface area contributed by atoms with Crippen LogP contribution in [0.2, 0.25) is 35.7 Å². The zero-order chi connectivity index (χ0) is 85.7. The number of allylic oxidation sites excluding steroid dienone is 3. The summed E-state index contributed by atoms with van der Waals surface area (Å²) in [7, 11) is 0. The van der Waals surface area contributed by atoms with Crippen LogP contribution in [0.5, 0.6) is 0 Å². The number of anilines is 3. The number of nitrogens with one attached hydrogen (secondary N) is 6. The molecule has 3 aliphatic carbocycles. The molecule has 15 aromatic rings. The van der Waals surface area contributed by atoms with E-state index in [-0.39, 0.29) is 108 Å². The number of H-pyrrole nitrogens is 3. The molecule has 6 N–H and O–H groups in total. The van der Waals surface area contributed by atoms with Crippen LogP contribution in [0.4, 0.5) is 34.6 Å². The molecule has 0 amide bonds. The molecule has 36 heteroatoms. The van der Waals surface area contributed by atoms with Crippen molar-refractivity contribution in [2.45, 2.75) is 93.7 Å². The smallest absolute Gasteiger partial charge is 0.254 e. The van der Waals surface area contributed by atoms with Crippen molar-refractivity contribution in [3.8, 4) is 84.3 Å². The maximum absolute atomic E-state index is 15.6. The monoisotopic (exact) mass is 1810 g/mol. The number of imidazole rings is 3. The van der Waals surface area contributed by atoms with Gasteiger partial charge in [-0.2, -0.15) is 4.39 Å². The SMILES string of the molecule is C=C1CCc2c(ccc(-c3cnc(C4C5CC5c5nc(-c6cc(Cl)ccc6-n6cc(Cl)nn6)cc(=O)n54)[nH]3)c2F)N1.C=C1CCc2c(ccc(-c3nc(C4C5CC5c5cc(-c6cc(Cl)ccc6-n6cc(Cl)nn6)cc(=O)n54)[nH]c3Cl)c2F)N1.C=C1CCc2c(ccc(-c3nc(C4C5CC5c5cc(-c6cc(Cl)ccc6-n6cc(Cl)nn6)cc(=O)n54)[nH]c3F)c2F)N1. The fraction of sp³-hybridized carbons (Fsp3) is 0.202. The number of hydrogen-bond acceptors (Lipinski definition) is 16. The largest absolute Gasteiger partial charge is 0.359 e. The molecule has 25 nitrogen and oxygen atoms in total. The van der Waals surface area contributed by atoms with Crippen molar-refractivity contribution in [3.63, 3.8) is 0 Å². The molecule has 9 aromatic heterocycles. The number of rotatable bonds is 12. The van der Waals surface area contributed by atoms with Crippen molar-refractivity contribution in [2.75, 3.05) is 16.0 Å². The van der Waals surface area contributed by atoms with Crippen molar-refractivity contribution < 1.29 is 17.6 Å². The zero-order valence-corrected chi connectivity index (χ0v) is 70.4. The number of pyridine rings is 2. The minimum absolute atomic E-state index is 0.0721. The van der Waals surface area contributed by atoms with Crippen molar-refractivity contribution in [1.29, 1.82) is 0 Å². The molecule has 3 fully saturated rings. The quantitative estimate of drug-likeness (QED) is 0.0620. The Morgan fingerprint density at radius 2 is 0.816 bits per heavy atom. The summed E-state index contributed by atoms with van der Waals surface area (Å²) in [6, 6.07) is 33.7. The summed E-state index contributed by atoms with van der Waals surface area (Å²) in [5, 5.41) is 35.7. The van der Waals surface area contributed by atoms with Crippen LogP contribution in [0, 0.1) is 41.2 Å². The molecule has 0 spiro atoms. The van der Waals surface area contributed by atoms with E-state index >= 15 is 17.6 Å². The van der Waals surface area contributed by atoms with Gasteiger partial charge in [0.25, 0.3) is 16.7 Å². The number of fused-ring (bicyclic) bond motifs is 12. The van der Waals surface area contributed by atoms with E-state index in [9.17, 15) is 14.4 Å². The van der Waals surface area contributed by atoms with Crippen LogP contribution in [-0.2, 0) is 19.3 Å². The van der Waals surface area contributed by atoms with Crippen molar-refractivity contribution in [1.82, 2.24) is 93.6 Å². The summed E-state index contributed by atoms with van der Waals surface area (Å²) in [5.74, 6) is 1.17. The van der Waals surface area contributed by atoms with Gasteiger partial charge in [-0.25, -0.2) is 47.2 Å². The third kappa shape index (κ3) is 13.5. The lowest BCUT2D eigenvalue weighted by atomic mass is 9.97. The highest BCUT2D eigenvalue weighted by atomic mass is 35.5. The first-order chi connectivity index (χ1) is 60.4. The van der Waals surface area contributed by atoms with Crippen molar-refractivity contribution in [2.24, 2.45) is 17.8 Å².